The Kier molecular flexibility index (Phi) is 10.2. The van der Waals surface area contributed by atoms with Crippen LogP contribution in [0.5, 0.6) is 0 Å². The number of carboxylic acids is 1. The minimum absolute atomic E-state index is 0. The first kappa shape index (κ1) is 11.2. The third kappa shape index (κ3) is 9.60. The number of carbonyl (C=O) groups excluding carboxylic acids is 1. The average Bonchev–Trinajstić information content (AvgIpc) is 1.61. The average molecular weight is 136 g/mol. The summed E-state index contributed by atoms with van der Waals surface area (Å²) in [5.41, 5.74) is 0. The summed E-state index contributed by atoms with van der Waals surface area (Å²) in [5, 5.41) is 7.69. The van der Waals surface area contributed by atoms with Crippen LogP contribution in [-0.4, -0.2) is 17.4 Å². The van der Waals surface area contributed by atoms with Crippen molar-refractivity contribution in [2.45, 2.75) is 0 Å². The van der Waals surface area contributed by atoms with Gasteiger partial charge in [-0.1, -0.05) is 0 Å². The standard InChI is InChI=1S/C4HO3.K/c5-3-1-2-4(6)7;/h(H,6,7);/q-1;+1. The van der Waals surface area contributed by atoms with Gasteiger partial charge in [-0.05, 0) is 0 Å². The van der Waals surface area contributed by atoms with E-state index in [4.69, 9.17) is 9.90 Å². The van der Waals surface area contributed by atoms with E-state index in [0.29, 0.717) is 0 Å². The van der Waals surface area contributed by atoms with E-state index < -0.39 is 5.97 Å². The Balaban J connectivity index is 0. The predicted molar refractivity (Wildman–Crippen MR) is 21.1 cm³/mol. The van der Waals surface area contributed by atoms with Crippen molar-refractivity contribution in [1.82, 2.24) is 0 Å². The largest absolute Gasteiger partial charge is 1.00 e. The van der Waals surface area contributed by atoms with Crippen LogP contribution in [0.3, 0.4) is 0 Å². The van der Waals surface area contributed by atoms with E-state index in [1.54, 1.807) is 5.92 Å². The van der Waals surface area contributed by atoms with Gasteiger partial charge in [0.15, 0.2) is 0 Å². The molecule has 0 aliphatic heterocycles. The molecule has 0 saturated carbocycles. The molecule has 0 bridgehead atoms. The third-order valence-corrected chi connectivity index (χ3v) is 0.220. The van der Waals surface area contributed by atoms with Crippen molar-refractivity contribution in [2.75, 3.05) is 0 Å². The van der Waals surface area contributed by atoms with Gasteiger partial charge in [0.2, 0.25) is 0 Å². The van der Waals surface area contributed by atoms with Crippen LogP contribution in [0.25, 0.3) is 0 Å². The number of hydrogen-bond donors (Lipinski definition) is 1. The van der Waals surface area contributed by atoms with Gasteiger partial charge in [-0.3, -0.25) is 4.79 Å². The predicted octanol–water partition coefficient (Wildman–Crippen LogP) is -3.81. The molecule has 0 spiro atoms. The molecule has 0 aromatic heterocycles. The molecular weight excluding hydrogens is 135 g/mol. The van der Waals surface area contributed by atoms with Gasteiger partial charge in [-0.15, -0.1) is 0 Å². The zero-order chi connectivity index (χ0) is 5.70. The van der Waals surface area contributed by atoms with Crippen LogP contribution in [0.4, 0.5) is 0 Å². The SMILES string of the molecule is O=[C-]C#CC(=O)O.[K+]. The van der Waals surface area contributed by atoms with E-state index in [9.17, 15) is 4.79 Å². The number of carboxylic acid groups (broad SMARTS) is 1. The van der Waals surface area contributed by atoms with Gasteiger partial charge in [0.25, 0.3) is 5.97 Å². The third-order valence-electron chi connectivity index (χ3n) is 0.220. The van der Waals surface area contributed by atoms with Crippen LogP contribution < -0.4 is 51.4 Å². The van der Waals surface area contributed by atoms with Gasteiger partial charge in [-0.2, -0.15) is 0 Å². The molecule has 0 amide bonds. The fourth-order valence-electron chi connectivity index (χ4n) is 0.0790. The number of aliphatic carboxylic acids is 1. The molecule has 0 unspecified atom stereocenters. The number of rotatable bonds is 0. The Bertz CT molecular complexity index is 141. The van der Waals surface area contributed by atoms with Crippen molar-refractivity contribution >= 4 is 12.3 Å². The Morgan fingerprint density at radius 1 is 1.62 bits per heavy atom. The summed E-state index contributed by atoms with van der Waals surface area (Å²) in [6.07, 6.45) is 1.11. The van der Waals surface area contributed by atoms with Gasteiger partial charge in [-0.25, -0.2) is 11.8 Å². The van der Waals surface area contributed by atoms with Gasteiger partial charge in [0, 0.05) is 6.29 Å². The minimum Gasteiger partial charge on any atom is -0.487 e. The fourth-order valence-corrected chi connectivity index (χ4v) is 0.0790. The van der Waals surface area contributed by atoms with Crippen LogP contribution in [0.1, 0.15) is 0 Å². The van der Waals surface area contributed by atoms with Gasteiger partial charge in [0.1, 0.15) is 0 Å². The summed E-state index contributed by atoms with van der Waals surface area (Å²) in [4.78, 5) is 18.6. The number of hydrogen-bond acceptors (Lipinski definition) is 2. The summed E-state index contributed by atoms with van der Waals surface area (Å²) in [5.74, 6) is 1.81. The van der Waals surface area contributed by atoms with E-state index in [1.165, 1.54) is 5.92 Å². The minimum atomic E-state index is -1.32. The van der Waals surface area contributed by atoms with Gasteiger partial charge in [0.05, 0.1) is 0 Å². The first-order valence-corrected chi connectivity index (χ1v) is 1.38. The maximum atomic E-state index is 9.41. The van der Waals surface area contributed by atoms with Gasteiger partial charge < -0.3 is 9.90 Å². The van der Waals surface area contributed by atoms with E-state index in [1.807, 2.05) is 0 Å². The van der Waals surface area contributed by atoms with Gasteiger partial charge >= 0.3 is 51.4 Å². The van der Waals surface area contributed by atoms with E-state index >= 15 is 0 Å². The Labute approximate surface area is 88.9 Å². The summed E-state index contributed by atoms with van der Waals surface area (Å²) >= 11 is 0. The first-order valence-electron chi connectivity index (χ1n) is 1.38. The van der Waals surface area contributed by atoms with Crippen molar-refractivity contribution in [1.29, 1.82) is 0 Å². The molecule has 4 heteroatoms. The molecule has 0 fully saturated rings. The van der Waals surface area contributed by atoms with Crippen molar-refractivity contribution in [2.24, 2.45) is 0 Å². The van der Waals surface area contributed by atoms with Crippen LogP contribution in [0.15, 0.2) is 0 Å². The molecule has 0 rings (SSSR count). The summed E-state index contributed by atoms with van der Waals surface area (Å²) in [6, 6.07) is 0. The molecule has 0 aliphatic carbocycles. The molecule has 1 N–H and O–H groups in total. The van der Waals surface area contributed by atoms with E-state index in [-0.39, 0.29) is 51.4 Å². The Morgan fingerprint density at radius 3 is 2.25 bits per heavy atom. The summed E-state index contributed by atoms with van der Waals surface area (Å²) < 4.78 is 0. The van der Waals surface area contributed by atoms with Crippen molar-refractivity contribution in [3.8, 4) is 11.8 Å². The second kappa shape index (κ2) is 7.34. The molecule has 0 atom stereocenters. The first-order chi connectivity index (χ1) is 3.27. The molecule has 0 saturated heterocycles. The zero-order valence-electron chi connectivity index (χ0n) is 4.26. The molecule has 3 nitrogen and oxygen atoms in total. The van der Waals surface area contributed by atoms with Crippen LogP contribution in [-0.2, 0) is 9.59 Å². The van der Waals surface area contributed by atoms with Crippen LogP contribution in [0, 0.1) is 11.8 Å². The molecule has 0 heterocycles. The summed E-state index contributed by atoms with van der Waals surface area (Å²) in [7, 11) is 0. The maximum Gasteiger partial charge on any atom is 1.00 e. The summed E-state index contributed by atoms with van der Waals surface area (Å²) in [6.45, 7) is 0. The van der Waals surface area contributed by atoms with E-state index in [2.05, 4.69) is 0 Å². The molecule has 0 aliphatic rings. The molecule has 0 aromatic rings. The van der Waals surface area contributed by atoms with Crippen LogP contribution in [0.2, 0.25) is 0 Å². The van der Waals surface area contributed by atoms with Crippen molar-refractivity contribution in [3.63, 3.8) is 0 Å². The second-order valence-electron chi connectivity index (χ2n) is 0.657. The Hall–Kier alpha value is 0.336. The van der Waals surface area contributed by atoms with E-state index in [0.717, 1.165) is 6.29 Å². The molecule has 0 aromatic carbocycles. The quantitative estimate of drug-likeness (QED) is 0.211. The molecule has 0 radical (unpaired) electrons. The number of carbonyl (C=O) groups is 1. The Morgan fingerprint density at radius 2 is 2.12 bits per heavy atom. The smallest absolute Gasteiger partial charge is 0.487 e. The maximum absolute atomic E-state index is 9.41. The van der Waals surface area contributed by atoms with Crippen LogP contribution >= 0.6 is 0 Å². The monoisotopic (exact) mass is 136 g/mol. The molecule has 36 valence electrons. The molecule has 8 heavy (non-hydrogen) atoms. The normalized spacial score (nSPS) is 5.00. The zero-order valence-corrected chi connectivity index (χ0v) is 7.39. The van der Waals surface area contributed by atoms with Crippen molar-refractivity contribution < 1.29 is 66.1 Å². The van der Waals surface area contributed by atoms with Crippen molar-refractivity contribution in [3.05, 3.63) is 0 Å². The second-order valence-corrected chi connectivity index (χ2v) is 0.657. The molecular formula is C4HKO3. The topological polar surface area (TPSA) is 54.4 Å². The fraction of sp³-hybridized carbons (Fsp3) is 0.